The summed E-state index contributed by atoms with van der Waals surface area (Å²) in [6.07, 6.45) is 1.61. The predicted octanol–water partition coefficient (Wildman–Crippen LogP) is 1.68. The zero-order valence-electron chi connectivity index (χ0n) is 10.0. The van der Waals surface area contributed by atoms with Gasteiger partial charge in [0.1, 0.15) is 23.0 Å². The normalized spacial score (nSPS) is 9.72. The number of esters is 1. The Balaban J connectivity index is 2.69. The van der Waals surface area contributed by atoms with Crippen LogP contribution < -0.4 is 10.1 Å². The van der Waals surface area contributed by atoms with E-state index >= 15 is 0 Å². The molecule has 0 aliphatic carbocycles. The maximum absolute atomic E-state index is 11.2. The van der Waals surface area contributed by atoms with E-state index in [0.29, 0.717) is 23.0 Å². The van der Waals surface area contributed by atoms with Crippen molar-refractivity contribution in [1.82, 2.24) is 10.3 Å². The Morgan fingerprint density at radius 3 is 2.94 bits per heavy atom. The fourth-order valence-corrected chi connectivity index (χ4v) is 1.73. The molecule has 0 aliphatic rings. The van der Waals surface area contributed by atoms with Crippen LogP contribution in [-0.2, 0) is 9.53 Å². The second kappa shape index (κ2) is 7.27. The summed E-state index contributed by atoms with van der Waals surface area (Å²) in [7, 11) is 1.53. The fourth-order valence-electron chi connectivity index (χ4n) is 1.20. The first-order valence-corrected chi connectivity index (χ1v) is 6.42. The van der Waals surface area contributed by atoms with Gasteiger partial charge in [0, 0.05) is 10.7 Å². The zero-order chi connectivity index (χ0) is 13.5. The lowest BCUT2D eigenvalue weighted by atomic mass is 10.3. The van der Waals surface area contributed by atoms with Gasteiger partial charge in [-0.25, -0.2) is 4.98 Å². The van der Waals surface area contributed by atoms with Crippen molar-refractivity contribution in [3.63, 3.8) is 0 Å². The van der Waals surface area contributed by atoms with Gasteiger partial charge in [0.2, 0.25) is 0 Å². The highest BCUT2D eigenvalue weighted by Crippen LogP contribution is 2.21. The Kier molecular flexibility index (Phi) is 6.00. The minimum atomic E-state index is -0.365. The number of hydrogen-bond acceptors (Lipinski definition) is 5. The number of rotatable bonds is 5. The first-order chi connectivity index (χ1) is 8.58. The summed E-state index contributed by atoms with van der Waals surface area (Å²) in [6.45, 7) is 2.09. The topological polar surface area (TPSA) is 60.5 Å². The quantitative estimate of drug-likeness (QED) is 0.654. The van der Waals surface area contributed by atoms with Crippen molar-refractivity contribution >= 4 is 39.1 Å². The van der Waals surface area contributed by atoms with Crippen LogP contribution in [0.3, 0.4) is 0 Å². The Morgan fingerprint density at radius 2 is 2.33 bits per heavy atom. The first kappa shape index (κ1) is 14.8. The molecule has 5 nitrogen and oxygen atoms in total. The molecule has 7 heteroatoms. The molecule has 1 aromatic heterocycles. The summed E-state index contributed by atoms with van der Waals surface area (Å²) >= 11 is 8.43. The molecule has 0 amide bonds. The zero-order valence-corrected chi connectivity index (χ0v) is 12.4. The van der Waals surface area contributed by atoms with E-state index in [-0.39, 0.29) is 12.5 Å². The Hall–Kier alpha value is -1.21. The highest BCUT2D eigenvalue weighted by Gasteiger charge is 2.12. The number of nitrogens with zero attached hydrogens (tertiary/aromatic N) is 1. The average molecular weight is 333 g/mol. The summed E-state index contributed by atoms with van der Waals surface area (Å²) in [5.74, 6) is 0.168. The molecule has 0 radical (unpaired) electrons. The molecule has 0 saturated heterocycles. The number of ether oxygens (including phenoxy) is 2. The number of thiocarbonyl (C=S) groups is 1. The molecule has 0 aromatic carbocycles. The number of halogens is 1. The van der Waals surface area contributed by atoms with Crippen LogP contribution in [0.5, 0.6) is 5.75 Å². The smallest absolute Gasteiger partial charge is 0.325 e. The van der Waals surface area contributed by atoms with Gasteiger partial charge in [0.05, 0.1) is 13.7 Å². The molecule has 0 saturated carbocycles. The number of methoxy groups -OCH3 is 1. The molecule has 0 aliphatic heterocycles. The number of hydrogen-bond donors (Lipinski definition) is 1. The van der Waals surface area contributed by atoms with E-state index in [4.69, 9.17) is 21.7 Å². The monoisotopic (exact) mass is 332 g/mol. The second-order valence-corrected chi connectivity index (χ2v) is 4.52. The van der Waals surface area contributed by atoms with Crippen LogP contribution in [0, 0.1) is 0 Å². The van der Waals surface area contributed by atoms with Gasteiger partial charge in [0.15, 0.2) is 0 Å². The minimum absolute atomic E-state index is 0.00751. The molecule has 18 heavy (non-hydrogen) atoms. The summed E-state index contributed by atoms with van der Waals surface area (Å²) in [5, 5.41) is 2.78. The molecule has 1 aromatic rings. The van der Waals surface area contributed by atoms with Gasteiger partial charge in [0.25, 0.3) is 0 Å². The van der Waals surface area contributed by atoms with Crippen molar-refractivity contribution in [2.75, 3.05) is 20.3 Å². The maximum Gasteiger partial charge on any atom is 0.325 e. The number of carbonyl (C=O) groups is 1. The van der Waals surface area contributed by atoms with Gasteiger partial charge in [-0.2, -0.15) is 0 Å². The Bertz CT molecular complexity index is 454. The van der Waals surface area contributed by atoms with E-state index in [9.17, 15) is 4.79 Å². The SMILES string of the molecule is CCOC(=O)CNC(=S)c1ncc(Br)cc1OC. The Labute approximate surface area is 119 Å². The minimum Gasteiger partial charge on any atom is -0.494 e. The molecule has 0 spiro atoms. The van der Waals surface area contributed by atoms with Gasteiger partial charge in [-0.05, 0) is 28.9 Å². The van der Waals surface area contributed by atoms with Gasteiger partial charge < -0.3 is 14.8 Å². The van der Waals surface area contributed by atoms with Crippen LogP contribution in [0.1, 0.15) is 12.6 Å². The van der Waals surface area contributed by atoms with Crippen molar-refractivity contribution in [2.45, 2.75) is 6.92 Å². The van der Waals surface area contributed by atoms with Gasteiger partial charge in [-0.1, -0.05) is 12.2 Å². The largest absolute Gasteiger partial charge is 0.494 e. The van der Waals surface area contributed by atoms with E-state index in [2.05, 4.69) is 26.2 Å². The Morgan fingerprint density at radius 1 is 1.61 bits per heavy atom. The first-order valence-electron chi connectivity index (χ1n) is 5.21. The second-order valence-electron chi connectivity index (χ2n) is 3.19. The lowest BCUT2D eigenvalue weighted by molar-refractivity contribution is -0.141. The summed E-state index contributed by atoms with van der Waals surface area (Å²) < 4.78 is 10.7. The molecular weight excluding hydrogens is 320 g/mol. The van der Waals surface area contributed by atoms with Crippen LogP contribution in [0.25, 0.3) is 0 Å². The van der Waals surface area contributed by atoms with Crippen LogP contribution >= 0.6 is 28.1 Å². The van der Waals surface area contributed by atoms with E-state index < -0.39 is 0 Å². The molecule has 0 fully saturated rings. The summed E-state index contributed by atoms with van der Waals surface area (Å²) in [4.78, 5) is 15.7. The summed E-state index contributed by atoms with van der Waals surface area (Å²) in [5.41, 5.74) is 0.486. The third kappa shape index (κ3) is 4.23. The van der Waals surface area contributed by atoms with Gasteiger partial charge in [-0.3, -0.25) is 4.79 Å². The third-order valence-electron chi connectivity index (χ3n) is 1.95. The molecule has 98 valence electrons. The summed E-state index contributed by atoms with van der Waals surface area (Å²) in [6, 6.07) is 1.75. The van der Waals surface area contributed by atoms with E-state index in [0.717, 1.165) is 4.47 Å². The lowest BCUT2D eigenvalue weighted by Gasteiger charge is -2.10. The fraction of sp³-hybridized carbons (Fsp3) is 0.364. The van der Waals surface area contributed by atoms with Crippen molar-refractivity contribution in [2.24, 2.45) is 0 Å². The maximum atomic E-state index is 11.2. The van der Waals surface area contributed by atoms with Crippen molar-refractivity contribution in [3.8, 4) is 5.75 Å². The van der Waals surface area contributed by atoms with Crippen LogP contribution in [0.15, 0.2) is 16.7 Å². The van der Waals surface area contributed by atoms with Gasteiger partial charge in [-0.15, -0.1) is 0 Å². The third-order valence-corrected chi connectivity index (χ3v) is 2.72. The van der Waals surface area contributed by atoms with Crippen molar-refractivity contribution < 1.29 is 14.3 Å². The van der Waals surface area contributed by atoms with E-state index in [1.165, 1.54) is 7.11 Å². The molecule has 1 N–H and O–H groups in total. The lowest BCUT2D eigenvalue weighted by Crippen LogP contribution is -2.30. The predicted molar refractivity (Wildman–Crippen MR) is 74.8 cm³/mol. The standard InChI is InChI=1S/C11H13BrN2O3S/c1-3-17-9(15)6-14-11(18)10-8(16-2)4-7(12)5-13-10/h4-5H,3,6H2,1-2H3,(H,14,18). The van der Waals surface area contributed by atoms with Crippen molar-refractivity contribution in [3.05, 3.63) is 22.4 Å². The van der Waals surface area contributed by atoms with Crippen LogP contribution in [-0.4, -0.2) is 36.2 Å². The van der Waals surface area contributed by atoms with Crippen molar-refractivity contribution in [1.29, 1.82) is 0 Å². The molecule has 0 unspecified atom stereocenters. The number of pyridine rings is 1. The van der Waals surface area contributed by atoms with E-state index in [1.807, 2.05) is 0 Å². The molecule has 1 rings (SSSR count). The highest BCUT2D eigenvalue weighted by atomic mass is 79.9. The number of carbonyl (C=O) groups excluding carboxylic acids is 1. The van der Waals surface area contributed by atoms with Gasteiger partial charge >= 0.3 is 5.97 Å². The molecule has 1 heterocycles. The molecule has 0 atom stereocenters. The molecule has 0 bridgehead atoms. The average Bonchev–Trinajstić information content (AvgIpc) is 2.36. The number of aromatic nitrogens is 1. The highest BCUT2D eigenvalue weighted by molar-refractivity contribution is 9.10. The van der Waals surface area contributed by atoms with E-state index in [1.54, 1.807) is 19.2 Å². The van der Waals surface area contributed by atoms with Crippen LogP contribution in [0.2, 0.25) is 0 Å². The number of nitrogens with one attached hydrogen (secondary N) is 1. The van der Waals surface area contributed by atoms with Crippen LogP contribution in [0.4, 0.5) is 0 Å². The molecular formula is C11H13BrN2O3S.